The van der Waals surface area contributed by atoms with Gasteiger partial charge < -0.3 is 28.8 Å². The van der Waals surface area contributed by atoms with Gasteiger partial charge in [0, 0.05) is 13.3 Å². The van der Waals surface area contributed by atoms with E-state index in [-0.39, 0.29) is 32.8 Å². The number of hydrogen-bond acceptors (Lipinski definition) is 7. The molecule has 1 heterocycles. The minimum atomic E-state index is -1.80. The molecule has 1 fully saturated rings. The summed E-state index contributed by atoms with van der Waals surface area (Å²) in [4.78, 5) is 11.7. The second-order valence-corrected chi connectivity index (χ2v) is 9.54. The number of aliphatic hydroxyl groups is 1. The SMILES string of the molecule is C=CC[C@]1(O)O[C@H](COC(C)=O)[C@@H](OCc2ccccc2)[C@H](OCc2ccccc2)[C@H]1OCc1ccccc1. The van der Waals surface area contributed by atoms with Crippen LogP contribution in [0.3, 0.4) is 0 Å². The van der Waals surface area contributed by atoms with E-state index in [9.17, 15) is 9.90 Å². The van der Waals surface area contributed by atoms with Crippen molar-refractivity contribution in [2.24, 2.45) is 0 Å². The Kier molecular flexibility index (Phi) is 10.4. The highest BCUT2D eigenvalue weighted by Crippen LogP contribution is 2.37. The van der Waals surface area contributed by atoms with E-state index in [1.165, 1.54) is 6.92 Å². The molecule has 7 heteroatoms. The molecule has 1 aliphatic heterocycles. The van der Waals surface area contributed by atoms with Crippen LogP contribution in [0.4, 0.5) is 0 Å². The van der Waals surface area contributed by atoms with E-state index in [1.54, 1.807) is 6.08 Å². The molecule has 0 radical (unpaired) electrons. The predicted molar refractivity (Wildman–Crippen MR) is 146 cm³/mol. The maximum Gasteiger partial charge on any atom is 0.302 e. The average Bonchev–Trinajstić information content (AvgIpc) is 2.95. The van der Waals surface area contributed by atoms with Crippen molar-refractivity contribution < 1.29 is 33.6 Å². The fraction of sp³-hybridized carbons (Fsp3) is 0.344. The quantitative estimate of drug-likeness (QED) is 0.246. The zero-order valence-electron chi connectivity index (χ0n) is 22.2. The maximum atomic E-state index is 11.8. The normalized spacial score (nSPS) is 24.7. The predicted octanol–water partition coefficient (Wildman–Crippen LogP) is 4.97. The van der Waals surface area contributed by atoms with Crippen LogP contribution in [0.2, 0.25) is 0 Å². The first-order valence-electron chi connectivity index (χ1n) is 13.1. The molecule has 5 atom stereocenters. The number of rotatable bonds is 13. The summed E-state index contributed by atoms with van der Waals surface area (Å²) >= 11 is 0. The third-order valence-corrected chi connectivity index (χ3v) is 6.52. The Morgan fingerprint density at radius 1 is 0.821 bits per heavy atom. The molecule has 0 saturated carbocycles. The van der Waals surface area contributed by atoms with Gasteiger partial charge in [-0.3, -0.25) is 4.79 Å². The largest absolute Gasteiger partial charge is 0.463 e. The summed E-state index contributed by atoms with van der Waals surface area (Å²) < 4.78 is 30.8. The topological polar surface area (TPSA) is 83.5 Å². The van der Waals surface area contributed by atoms with Gasteiger partial charge in [-0.15, -0.1) is 6.58 Å². The molecule has 206 valence electrons. The minimum Gasteiger partial charge on any atom is -0.463 e. The van der Waals surface area contributed by atoms with Crippen molar-refractivity contribution in [1.82, 2.24) is 0 Å². The van der Waals surface area contributed by atoms with Gasteiger partial charge in [-0.1, -0.05) is 97.1 Å². The number of hydrogen-bond donors (Lipinski definition) is 1. The van der Waals surface area contributed by atoms with E-state index in [1.807, 2.05) is 91.0 Å². The van der Waals surface area contributed by atoms with Crippen LogP contribution in [0.25, 0.3) is 0 Å². The Balaban J connectivity index is 1.67. The van der Waals surface area contributed by atoms with Crippen LogP contribution in [0.15, 0.2) is 104 Å². The van der Waals surface area contributed by atoms with Crippen LogP contribution in [0.1, 0.15) is 30.0 Å². The molecule has 0 unspecified atom stereocenters. The molecule has 0 bridgehead atoms. The van der Waals surface area contributed by atoms with Gasteiger partial charge in [-0.05, 0) is 16.7 Å². The van der Waals surface area contributed by atoms with Gasteiger partial charge in [0.05, 0.1) is 19.8 Å². The summed E-state index contributed by atoms with van der Waals surface area (Å²) in [6.45, 7) is 5.76. The number of esters is 1. The van der Waals surface area contributed by atoms with Crippen molar-refractivity contribution in [2.45, 2.75) is 63.4 Å². The van der Waals surface area contributed by atoms with Crippen molar-refractivity contribution in [2.75, 3.05) is 6.61 Å². The van der Waals surface area contributed by atoms with Gasteiger partial charge in [0.25, 0.3) is 0 Å². The highest BCUT2D eigenvalue weighted by Gasteiger charge is 2.56. The van der Waals surface area contributed by atoms with Gasteiger partial charge in [0.15, 0.2) is 5.79 Å². The number of benzene rings is 3. The molecule has 1 N–H and O–H groups in total. The highest BCUT2D eigenvalue weighted by atomic mass is 16.7. The lowest BCUT2D eigenvalue weighted by Gasteiger charge is -2.50. The molecular formula is C32H36O7. The highest BCUT2D eigenvalue weighted by molar-refractivity contribution is 5.65. The Hall–Kier alpha value is -3.33. The molecule has 1 aliphatic rings. The Labute approximate surface area is 229 Å². The molecule has 1 saturated heterocycles. The third-order valence-electron chi connectivity index (χ3n) is 6.52. The number of ether oxygens (including phenoxy) is 5. The van der Waals surface area contributed by atoms with Gasteiger partial charge in [0.2, 0.25) is 0 Å². The summed E-state index contributed by atoms with van der Waals surface area (Å²) in [5.74, 6) is -2.26. The van der Waals surface area contributed by atoms with Crippen LogP contribution in [0, 0.1) is 0 Å². The molecule has 0 aromatic heterocycles. The van der Waals surface area contributed by atoms with E-state index in [2.05, 4.69) is 6.58 Å². The second-order valence-electron chi connectivity index (χ2n) is 9.54. The molecule has 0 amide bonds. The average molecular weight is 533 g/mol. The van der Waals surface area contributed by atoms with Crippen LogP contribution >= 0.6 is 0 Å². The van der Waals surface area contributed by atoms with Crippen LogP contribution in [0.5, 0.6) is 0 Å². The van der Waals surface area contributed by atoms with Crippen molar-refractivity contribution >= 4 is 5.97 Å². The molecular weight excluding hydrogens is 496 g/mol. The first-order chi connectivity index (χ1) is 19.0. The van der Waals surface area contributed by atoms with Gasteiger partial charge >= 0.3 is 5.97 Å². The zero-order chi connectivity index (χ0) is 27.5. The Morgan fingerprint density at radius 3 is 1.74 bits per heavy atom. The first-order valence-corrected chi connectivity index (χ1v) is 13.1. The molecule has 3 aromatic carbocycles. The lowest BCUT2D eigenvalue weighted by molar-refractivity contribution is -0.368. The van der Waals surface area contributed by atoms with Crippen molar-refractivity contribution in [3.05, 3.63) is 120 Å². The summed E-state index contributed by atoms with van der Waals surface area (Å²) in [5.41, 5.74) is 2.85. The zero-order valence-corrected chi connectivity index (χ0v) is 22.2. The van der Waals surface area contributed by atoms with Crippen LogP contribution in [-0.4, -0.2) is 47.9 Å². The summed E-state index contributed by atoms with van der Waals surface area (Å²) in [5, 5.41) is 11.8. The van der Waals surface area contributed by atoms with Crippen LogP contribution < -0.4 is 0 Å². The molecule has 0 spiro atoms. The first kappa shape index (κ1) is 28.7. The molecule has 7 nitrogen and oxygen atoms in total. The standard InChI is InChI=1S/C32H36O7/c1-3-19-32(34)31(38-22-27-17-11-6-12-18-27)30(37-21-26-15-9-5-10-16-26)29(28(39-32)23-35-24(2)33)36-20-25-13-7-4-8-14-25/h3-18,28-31,34H,1,19-23H2,2H3/t28-,29-,30+,31-,32+/m1/s1. The monoisotopic (exact) mass is 532 g/mol. The van der Waals surface area contributed by atoms with Gasteiger partial charge in [-0.2, -0.15) is 0 Å². The molecule has 39 heavy (non-hydrogen) atoms. The van der Waals surface area contributed by atoms with Crippen molar-refractivity contribution in [1.29, 1.82) is 0 Å². The van der Waals surface area contributed by atoms with E-state index >= 15 is 0 Å². The second kappa shape index (κ2) is 14.2. The fourth-order valence-corrected chi connectivity index (χ4v) is 4.64. The van der Waals surface area contributed by atoms with Gasteiger partial charge in [-0.25, -0.2) is 0 Å². The molecule has 4 rings (SSSR count). The minimum absolute atomic E-state index is 0.0691. The third kappa shape index (κ3) is 8.08. The molecule has 3 aromatic rings. The van der Waals surface area contributed by atoms with E-state index in [0.717, 1.165) is 16.7 Å². The summed E-state index contributed by atoms with van der Waals surface area (Å²) in [6.07, 6.45) is -1.61. The maximum absolute atomic E-state index is 11.8. The fourth-order valence-electron chi connectivity index (χ4n) is 4.64. The smallest absolute Gasteiger partial charge is 0.302 e. The summed E-state index contributed by atoms with van der Waals surface area (Å²) in [7, 11) is 0. The van der Waals surface area contributed by atoms with E-state index in [0.29, 0.717) is 0 Å². The van der Waals surface area contributed by atoms with E-state index < -0.39 is 36.2 Å². The molecule has 0 aliphatic carbocycles. The Bertz CT molecular complexity index is 1150. The van der Waals surface area contributed by atoms with Crippen LogP contribution in [-0.2, 0) is 48.3 Å². The number of carbonyl (C=O) groups is 1. The Morgan fingerprint density at radius 2 is 1.28 bits per heavy atom. The van der Waals surface area contributed by atoms with Gasteiger partial charge in [0.1, 0.15) is 31.0 Å². The van der Waals surface area contributed by atoms with E-state index in [4.69, 9.17) is 23.7 Å². The van der Waals surface area contributed by atoms with Crippen molar-refractivity contribution in [3.8, 4) is 0 Å². The van der Waals surface area contributed by atoms with Crippen molar-refractivity contribution in [3.63, 3.8) is 0 Å². The lowest BCUT2D eigenvalue weighted by Crippen LogP contribution is -2.67. The summed E-state index contributed by atoms with van der Waals surface area (Å²) in [6, 6.07) is 29.1. The number of carbonyl (C=O) groups excluding carboxylic acids is 1. The lowest BCUT2D eigenvalue weighted by atomic mass is 9.89.